The van der Waals surface area contributed by atoms with Crippen molar-refractivity contribution in [2.75, 3.05) is 14.2 Å². The smallest absolute Gasteiger partial charge is 0.416 e. The molecule has 0 saturated carbocycles. The molecule has 1 amide bonds. The summed E-state index contributed by atoms with van der Waals surface area (Å²) < 4.78 is 44.2. The van der Waals surface area contributed by atoms with Gasteiger partial charge in [0.15, 0.2) is 11.4 Å². The highest BCUT2D eigenvalue weighted by molar-refractivity contribution is 5.92. The van der Waals surface area contributed by atoms with Crippen molar-refractivity contribution in [3.63, 3.8) is 0 Å². The van der Waals surface area contributed by atoms with Crippen LogP contribution in [0.15, 0.2) is 35.3 Å². The van der Waals surface area contributed by atoms with Crippen molar-refractivity contribution in [2.45, 2.75) is 6.18 Å². The van der Waals surface area contributed by atoms with Crippen LogP contribution in [0.1, 0.15) is 16.1 Å². The second-order valence-electron chi connectivity index (χ2n) is 4.45. The van der Waals surface area contributed by atoms with Crippen molar-refractivity contribution in [2.24, 2.45) is 0 Å². The minimum Gasteiger partial charge on any atom is -0.491 e. The molecular formula is C14H12F3N3O3. The number of methoxy groups -OCH3 is 1. The van der Waals surface area contributed by atoms with Crippen molar-refractivity contribution >= 4 is 5.91 Å². The largest absolute Gasteiger partial charge is 0.491 e. The fourth-order valence-electron chi connectivity index (χ4n) is 1.84. The average molecular weight is 327 g/mol. The number of aromatic nitrogens is 2. The van der Waals surface area contributed by atoms with E-state index in [0.29, 0.717) is 0 Å². The molecule has 0 fully saturated rings. The molecule has 0 radical (unpaired) electrons. The van der Waals surface area contributed by atoms with E-state index in [4.69, 9.17) is 4.74 Å². The van der Waals surface area contributed by atoms with E-state index in [1.54, 1.807) is 0 Å². The second kappa shape index (κ2) is 6.11. The number of carbonyl (C=O) groups excluding carboxylic acids is 1. The summed E-state index contributed by atoms with van der Waals surface area (Å²) in [5.74, 6) is -0.981. The number of rotatable bonds is 3. The number of carbonyl (C=O) groups is 1. The summed E-state index contributed by atoms with van der Waals surface area (Å²) in [7, 11) is 2.51. The molecular weight excluding hydrogens is 315 g/mol. The lowest BCUT2D eigenvalue weighted by atomic mass is 10.2. The number of hydrogen-bond acceptors (Lipinski definition) is 4. The van der Waals surface area contributed by atoms with Crippen LogP contribution in [-0.4, -0.2) is 29.8 Å². The molecule has 0 aliphatic heterocycles. The van der Waals surface area contributed by atoms with E-state index in [1.165, 1.54) is 26.3 Å². The molecule has 1 heterocycles. The van der Waals surface area contributed by atoms with Gasteiger partial charge in [-0.25, -0.2) is 4.68 Å². The lowest BCUT2D eigenvalue weighted by Crippen LogP contribution is -2.29. The fourth-order valence-corrected chi connectivity index (χ4v) is 1.84. The Morgan fingerprint density at radius 2 is 2.04 bits per heavy atom. The Morgan fingerprint density at radius 1 is 1.35 bits per heavy atom. The van der Waals surface area contributed by atoms with Crippen LogP contribution in [0.5, 0.6) is 5.75 Å². The van der Waals surface area contributed by atoms with E-state index >= 15 is 0 Å². The maximum atomic E-state index is 12.8. The maximum absolute atomic E-state index is 12.8. The van der Waals surface area contributed by atoms with E-state index in [9.17, 15) is 22.8 Å². The van der Waals surface area contributed by atoms with E-state index in [-0.39, 0.29) is 11.4 Å². The van der Waals surface area contributed by atoms with Crippen LogP contribution < -0.4 is 15.5 Å². The van der Waals surface area contributed by atoms with Crippen molar-refractivity contribution < 1.29 is 22.7 Å². The second-order valence-corrected chi connectivity index (χ2v) is 4.45. The Labute approximate surface area is 128 Å². The lowest BCUT2D eigenvalue weighted by molar-refractivity contribution is -0.137. The number of hydrogen-bond donors (Lipinski definition) is 1. The summed E-state index contributed by atoms with van der Waals surface area (Å²) in [5, 5.41) is 6.03. The molecule has 2 rings (SSSR count). The maximum Gasteiger partial charge on any atom is 0.416 e. The van der Waals surface area contributed by atoms with Crippen LogP contribution in [0.4, 0.5) is 13.2 Å². The molecule has 122 valence electrons. The Hall–Kier alpha value is -2.84. The molecule has 0 unspecified atom stereocenters. The van der Waals surface area contributed by atoms with Gasteiger partial charge in [0.05, 0.1) is 24.6 Å². The minimum atomic E-state index is -4.53. The van der Waals surface area contributed by atoms with Gasteiger partial charge in [-0.1, -0.05) is 6.07 Å². The highest BCUT2D eigenvalue weighted by Crippen LogP contribution is 2.30. The van der Waals surface area contributed by atoms with Gasteiger partial charge in [0.25, 0.3) is 11.3 Å². The summed E-state index contributed by atoms with van der Waals surface area (Å²) in [6.07, 6.45) is -3.41. The van der Waals surface area contributed by atoms with Crippen LogP contribution in [0.3, 0.4) is 0 Å². The zero-order valence-corrected chi connectivity index (χ0v) is 12.1. The third kappa shape index (κ3) is 3.33. The zero-order chi connectivity index (χ0) is 17.2. The number of halogens is 3. The Balaban J connectivity index is 2.65. The van der Waals surface area contributed by atoms with Crippen molar-refractivity contribution in [3.05, 3.63) is 51.9 Å². The van der Waals surface area contributed by atoms with Crippen LogP contribution >= 0.6 is 0 Å². The molecule has 1 aromatic heterocycles. The van der Waals surface area contributed by atoms with Gasteiger partial charge in [-0.05, 0) is 18.2 Å². The van der Waals surface area contributed by atoms with Gasteiger partial charge in [0.2, 0.25) is 0 Å². The minimum absolute atomic E-state index is 0.0308. The third-order valence-corrected chi connectivity index (χ3v) is 2.99. The molecule has 1 N–H and O–H groups in total. The van der Waals surface area contributed by atoms with Gasteiger partial charge in [0.1, 0.15) is 0 Å². The number of amides is 1. The third-order valence-electron chi connectivity index (χ3n) is 2.99. The molecule has 6 nitrogen and oxygen atoms in total. The van der Waals surface area contributed by atoms with E-state index in [2.05, 4.69) is 10.4 Å². The first-order valence-corrected chi connectivity index (χ1v) is 6.35. The standard InChI is InChI=1S/C14H12F3N3O3/c1-18-13(22)11-12(21)10(23-2)7-20(19-11)9-5-3-4-8(6-9)14(15,16)17/h3-7H,1-2H3,(H,18,22). The van der Waals surface area contributed by atoms with Gasteiger partial charge < -0.3 is 10.1 Å². The van der Waals surface area contributed by atoms with Crippen molar-refractivity contribution in [3.8, 4) is 11.4 Å². The number of benzene rings is 1. The van der Waals surface area contributed by atoms with Crippen molar-refractivity contribution in [1.29, 1.82) is 0 Å². The summed E-state index contributed by atoms with van der Waals surface area (Å²) in [5.41, 5.74) is -2.08. The topological polar surface area (TPSA) is 73.2 Å². The molecule has 0 aliphatic rings. The van der Waals surface area contributed by atoms with E-state index in [1.807, 2.05) is 0 Å². The number of nitrogens with one attached hydrogen (secondary N) is 1. The van der Waals surface area contributed by atoms with Crippen LogP contribution in [-0.2, 0) is 6.18 Å². The molecule has 1 aromatic carbocycles. The monoisotopic (exact) mass is 327 g/mol. The Morgan fingerprint density at radius 3 is 2.61 bits per heavy atom. The first kappa shape index (κ1) is 16.5. The van der Waals surface area contributed by atoms with E-state index < -0.39 is 28.8 Å². The zero-order valence-electron chi connectivity index (χ0n) is 12.1. The van der Waals surface area contributed by atoms with Gasteiger partial charge in [-0.3, -0.25) is 9.59 Å². The highest BCUT2D eigenvalue weighted by atomic mass is 19.4. The SMILES string of the molecule is CNC(=O)c1nn(-c2cccc(C(F)(F)F)c2)cc(OC)c1=O. The lowest BCUT2D eigenvalue weighted by Gasteiger charge is -2.12. The van der Waals surface area contributed by atoms with Gasteiger partial charge >= 0.3 is 6.18 Å². The number of alkyl halides is 3. The summed E-state index contributed by atoms with van der Waals surface area (Å²) >= 11 is 0. The van der Waals surface area contributed by atoms with Crippen LogP contribution in [0, 0.1) is 0 Å². The Bertz CT molecular complexity index is 800. The highest BCUT2D eigenvalue weighted by Gasteiger charge is 2.30. The molecule has 0 bridgehead atoms. The molecule has 2 aromatic rings. The van der Waals surface area contributed by atoms with Crippen molar-refractivity contribution in [1.82, 2.24) is 15.1 Å². The quantitative estimate of drug-likeness (QED) is 0.930. The van der Waals surface area contributed by atoms with Gasteiger partial charge in [-0.15, -0.1) is 0 Å². The first-order chi connectivity index (χ1) is 10.8. The average Bonchev–Trinajstić information content (AvgIpc) is 2.53. The predicted octanol–water partition coefficient (Wildman–Crippen LogP) is 1.62. The molecule has 0 aliphatic carbocycles. The molecule has 0 atom stereocenters. The first-order valence-electron chi connectivity index (χ1n) is 6.35. The van der Waals surface area contributed by atoms with E-state index in [0.717, 1.165) is 23.0 Å². The normalized spacial score (nSPS) is 11.2. The Kier molecular flexibility index (Phi) is 4.39. The fraction of sp³-hybridized carbons (Fsp3) is 0.214. The number of nitrogens with zero attached hydrogens (tertiary/aromatic N) is 2. The summed E-state index contributed by atoms with van der Waals surface area (Å²) in [6.45, 7) is 0. The van der Waals surface area contributed by atoms with Gasteiger partial charge in [0, 0.05) is 7.05 Å². The molecule has 23 heavy (non-hydrogen) atoms. The van der Waals surface area contributed by atoms with Crippen LogP contribution in [0.2, 0.25) is 0 Å². The molecule has 9 heteroatoms. The molecule has 0 saturated heterocycles. The van der Waals surface area contributed by atoms with Gasteiger partial charge in [-0.2, -0.15) is 18.3 Å². The number of ether oxygens (including phenoxy) is 1. The predicted molar refractivity (Wildman–Crippen MR) is 74.8 cm³/mol. The molecule has 0 spiro atoms. The summed E-state index contributed by atoms with van der Waals surface area (Å²) in [6, 6.07) is 4.32. The van der Waals surface area contributed by atoms with Crippen LogP contribution in [0.25, 0.3) is 5.69 Å². The summed E-state index contributed by atoms with van der Waals surface area (Å²) in [4.78, 5) is 23.7.